The van der Waals surface area contributed by atoms with Gasteiger partial charge < -0.3 is 10.4 Å². The maximum Gasteiger partial charge on any atom is 0.0962 e. The lowest BCUT2D eigenvalue weighted by molar-refractivity contribution is 0.191. The zero-order valence-electron chi connectivity index (χ0n) is 10.2. The molecular weight excluding hydrogens is 246 g/mol. The second kappa shape index (κ2) is 5.89. The zero-order chi connectivity index (χ0) is 13.0. The molecule has 0 aliphatic heterocycles. The van der Waals surface area contributed by atoms with Crippen molar-refractivity contribution in [3.8, 4) is 0 Å². The fourth-order valence-corrected chi connectivity index (χ4v) is 1.91. The Morgan fingerprint density at radius 2 is 1.78 bits per heavy atom. The van der Waals surface area contributed by atoms with Crippen LogP contribution in [0.1, 0.15) is 17.2 Å². The minimum atomic E-state index is -0.540. The van der Waals surface area contributed by atoms with Crippen LogP contribution in [0.2, 0.25) is 5.02 Å². The minimum Gasteiger partial charge on any atom is -0.387 e. The average molecular weight is 262 g/mol. The maximum absolute atomic E-state index is 10.1. The van der Waals surface area contributed by atoms with Gasteiger partial charge >= 0.3 is 0 Å². The van der Waals surface area contributed by atoms with Crippen LogP contribution in [0.3, 0.4) is 0 Å². The van der Waals surface area contributed by atoms with Crippen LogP contribution < -0.4 is 5.32 Å². The van der Waals surface area contributed by atoms with E-state index in [1.54, 1.807) is 12.1 Å². The van der Waals surface area contributed by atoms with Crippen LogP contribution in [-0.4, -0.2) is 11.7 Å². The summed E-state index contributed by atoms with van der Waals surface area (Å²) < 4.78 is 0. The highest BCUT2D eigenvalue weighted by Gasteiger charge is 2.07. The van der Waals surface area contributed by atoms with Gasteiger partial charge in [0.15, 0.2) is 0 Å². The molecule has 1 unspecified atom stereocenters. The van der Waals surface area contributed by atoms with Gasteiger partial charge in [0.2, 0.25) is 0 Å². The summed E-state index contributed by atoms with van der Waals surface area (Å²) in [5.41, 5.74) is 3.08. The highest BCUT2D eigenvalue weighted by molar-refractivity contribution is 6.30. The van der Waals surface area contributed by atoms with E-state index >= 15 is 0 Å². The van der Waals surface area contributed by atoms with Crippen molar-refractivity contribution < 1.29 is 5.11 Å². The fourth-order valence-electron chi connectivity index (χ4n) is 1.78. The molecule has 2 rings (SSSR count). The smallest absolute Gasteiger partial charge is 0.0962 e. The number of hydrogen-bond donors (Lipinski definition) is 2. The van der Waals surface area contributed by atoms with Crippen molar-refractivity contribution in [3.63, 3.8) is 0 Å². The Labute approximate surface area is 112 Å². The van der Waals surface area contributed by atoms with Crippen molar-refractivity contribution in [1.29, 1.82) is 0 Å². The molecule has 2 aromatic rings. The van der Waals surface area contributed by atoms with Crippen LogP contribution in [0.25, 0.3) is 0 Å². The lowest BCUT2D eigenvalue weighted by Gasteiger charge is -2.14. The van der Waals surface area contributed by atoms with Crippen LogP contribution in [0.4, 0.5) is 5.69 Å². The third-order valence-corrected chi connectivity index (χ3v) is 3.14. The number of aliphatic hydroxyl groups is 1. The molecule has 0 fully saturated rings. The molecule has 0 heterocycles. The molecule has 0 spiro atoms. The van der Waals surface area contributed by atoms with Crippen molar-refractivity contribution in [1.82, 2.24) is 0 Å². The molecule has 0 saturated heterocycles. The lowest BCUT2D eigenvalue weighted by Crippen LogP contribution is -2.12. The van der Waals surface area contributed by atoms with Crippen LogP contribution in [0, 0.1) is 6.92 Å². The van der Waals surface area contributed by atoms with Crippen LogP contribution >= 0.6 is 11.6 Å². The third kappa shape index (κ3) is 3.25. The summed E-state index contributed by atoms with van der Waals surface area (Å²) in [5, 5.41) is 14.0. The largest absolute Gasteiger partial charge is 0.387 e. The molecule has 0 aromatic heterocycles. The third-order valence-electron chi connectivity index (χ3n) is 2.89. The molecule has 0 aliphatic rings. The van der Waals surface area contributed by atoms with E-state index in [1.807, 2.05) is 43.3 Å². The summed E-state index contributed by atoms with van der Waals surface area (Å²) in [6.45, 7) is 2.52. The molecule has 2 nitrogen and oxygen atoms in total. The van der Waals surface area contributed by atoms with Gasteiger partial charge in [-0.25, -0.2) is 0 Å². The first-order valence-electron chi connectivity index (χ1n) is 5.90. The van der Waals surface area contributed by atoms with E-state index in [0.717, 1.165) is 11.3 Å². The standard InChI is InChI=1S/C15H16ClNO/c1-11-4-2-3-5-14(11)17-10-15(18)12-6-8-13(16)9-7-12/h2-9,15,17-18H,10H2,1H3. The SMILES string of the molecule is Cc1ccccc1NCC(O)c1ccc(Cl)cc1. The fraction of sp³-hybridized carbons (Fsp3) is 0.200. The monoisotopic (exact) mass is 261 g/mol. The summed E-state index contributed by atoms with van der Waals surface area (Å²) >= 11 is 5.81. The van der Waals surface area contributed by atoms with E-state index in [2.05, 4.69) is 5.32 Å². The molecule has 0 saturated carbocycles. The van der Waals surface area contributed by atoms with E-state index in [1.165, 1.54) is 5.56 Å². The maximum atomic E-state index is 10.1. The molecule has 0 aliphatic carbocycles. The van der Waals surface area contributed by atoms with Crippen molar-refractivity contribution in [2.24, 2.45) is 0 Å². The molecule has 0 amide bonds. The van der Waals surface area contributed by atoms with E-state index in [4.69, 9.17) is 11.6 Å². The quantitative estimate of drug-likeness (QED) is 0.878. The number of nitrogens with one attached hydrogen (secondary N) is 1. The predicted molar refractivity (Wildman–Crippen MR) is 76.1 cm³/mol. The Morgan fingerprint density at radius 3 is 2.44 bits per heavy atom. The zero-order valence-corrected chi connectivity index (χ0v) is 11.0. The van der Waals surface area contributed by atoms with E-state index in [0.29, 0.717) is 11.6 Å². The number of hydrogen-bond acceptors (Lipinski definition) is 2. The Bertz CT molecular complexity index is 510. The number of benzene rings is 2. The van der Waals surface area contributed by atoms with Gasteiger partial charge in [-0.15, -0.1) is 0 Å². The Hall–Kier alpha value is -1.51. The molecule has 0 bridgehead atoms. The topological polar surface area (TPSA) is 32.3 Å². The summed E-state index contributed by atoms with van der Waals surface area (Å²) in [7, 11) is 0. The summed E-state index contributed by atoms with van der Waals surface area (Å²) in [4.78, 5) is 0. The number of para-hydroxylation sites is 1. The highest BCUT2D eigenvalue weighted by atomic mass is 35.5. The number of rotatable bonds is 4. The van der Waals surface area contributed by atoms with Gasteiger partial charge in [-0.2, -0.15) is 0 Å². The van der Waals surface area contributed by atoms with E-state index < -0.39 is 6.10 Å². The number of anilines is 1. The second-order valence-corrected chi connectivity index (χ2v) is 4.70. The van der Waals surface area contributed by atoms with Gasteiger partial charge in [-0.1, -0.05) is 41.9 Å². The molecule has 18 heavy (non-hydrogen) atoms. The molecule has 0 radical (unpaired) electrons. The summed E-state index contributed by atoms with van der Waals surface area (Å²) in [6.07, 6.45) is -0.540. The number of aryl methyl sites for hydroxylation is 1. The van der Waals surface area contributed by atoms with Crippen molar-refractivity contribution in [2.45, 2.75) is 13.0 Å². The van der Waals surface area contributed by atoms with Gasteiger partial charge in [0, 0.05) is 17.3 Å². The van der Waals surface area contributed by atoms with Crippen LogP contribution in [0.5, 0.6) is 0 Å². The second-order valence-electron chi connectivity index (χ2n) is 4.26. The average Bonchev–Trinajstić information content (AvgIpc) is 2.38. The van der Waals surface area contributed by atoms with Gasteiger partial charge in [0.1, 0.15) is 0 Å². The van der Waals surface area contributed by atoms with Crippen molar-refractivity contribution in [3.05, 3.63) is 64.7 Å². The predicted octanol–water partition coefficient (Wildman–Crippen LogP) is 3.79. The number of aliphatic hydroxyl groups excluding tert-OH is 1. The first kappa shape index (κ1) is 12.9. The summed E-state index contributed by atoms with van der Waals surface area (Å²) in [6, 6.07) is 15.3. The minimum absolute atomic E-state index is 0.479. The highest BCUT2D eigenvalue weighted by Crippen LogP contribution is 2.18. The molecule has 2 aromatic carbocycles. The molecule has 1 atom stereocenters. The van der Waals surface area contributed by atoms with Crippen molar-refractivity contribution in [2.75, 3.05) is 11.9 Å². The van der Waals surface area contributed by atoms with E-state index in [9.17, 15) is 5.11 Å². The Balaban J connectivity index is 1.98. The molecule has 94 valence electrons. The van der Waals surface area contributed by atoms with Gasteiger partial charge in [-0.3, -0.25) is 0 Å². The molecule has 3 heteroatoms. The first-order chi connectivity index (χ1) is 8.66. The van der Waals surface area contributed by atoms with Crippen LogP contribution in [0.15, 0.2) is 48.5 Å². The first-order valence-corrected chi connectivity index (χ1v) is 6.27. The summed E-state index contributed by atoms with van der Waals surface area (Å²) in [5.74, 6) is 0. The normalized spacial score (nSPS) is 12.2. The number of halogens is 1. The van der Waals surface area contributed by atoms with Gasteiger partial charge in [0.25, 0.3) is 0 Å². The Morgan fingerprint density at radius 1 is 1.11 bits per heavy atom. The van der Waals surface area contributed by atoms with Crippen LogP contribution in [-0.2, 0) is 0 Å². The van der Waals surface area contributed by atoms with Crippen molar-refractivity contribution >= 4 is 17.3 Å². The lowest BCUT2D eigenvalue weighted by atomic mass is 10.1. The Kier molecular flexibility index (Phi) is 4.24. The van der Waals surface area contributed by atoms with E-state index in [-0.39, 0.29) is 0 Å². The molecule has 2 N–H and O–H groups in total. The van der Waals surface area contributed by atoms with Gasteiger partial charge in [0.05, 0.1) is 6.10 Å². The van der Waals surface area contributed by atoms with Gasteiger partial charge in [-0.05, 0) is 36.2 Å². The molecular formula is C15H16ClNO.